The Kier molecular flexibility index (Phi) is 2.18. The minimum atomic E-state index is -0.858. The van der Waals surface area contributed by atoms with Crippen LogP contribution in [0.2, 0.25) is 0 Å². The van der Waals surface area contributed by atoms with Gasteiger partial charge in [-0.3, -0.25) is 0 Å². The molecule has 0 bridgehead atoms. The quantitative estimate of drug-likeness (QED) is 0.472. The lowest BCUT2D eigenvalue weighted by molar-refractivity contribution is 1.81. The third kappa shape index (κ3) is 4.53. The van der Waals surface area contributed by atoms with Crippen LogP contribution in [0.25, 0.3) is 0 Å². The van der Waals surface area contributed by atoms with Gasteiger partial charge in [0.25, 0.3) is 0 Å². The van der Waals surface area contributed by atoms with Crippen molar-refractivity contribution in [2.24, 2.45) is 4.52 Å². The van der Waals surface area contributed by atoms with Crippen molar-refractivity contribution in [3.63, 3.8) is 0 Å². The highest BCUT2D eigenvalue weighted by Gasteiger charge is 2.11. The zero-order valence-corrected chi connectivity index (χ0v) is 6.29. The normalized spacial score (nSPS) is 11.2. The molecule has 0 atom stereocenters. The molecule has 0 aromatic carbocycles. The number of hydrogen-bond acceptors (Lipinski definition) is 1. The summed E-state index contributed by atoms with van der Waals surface area (Å²) in [6, 6.07) is 0. The van der Waals surface area contributed by atoms with Gasteiger partial charge in [-0.25, -0.2) is 0 Å². The summed E-state index contributed by atoms with van der Waals surface area (Å²) in [5, 5.41) is 0. The summed E-state index contributed by atoms with van der Waals surface area (Å²) in [5.41, 5.74) is 0. The zero-order chi connectivity index (χ0) is 5.21. The van der Waals surface area contributed by atoms with Gasteiger partial charge in [-0.1, -0.05) is 0 Å². The lowest BCUT2D eigenvalue weighted by atomic mass is 11.9. The first-order valence-corrected chi connectivity index (χ1v) is 5.30. The Balaban J connectivity index is 3.45. The van der Waals surface area contributed by atoms with Gasteiger partial charge in [0.05, 0.1) is 20.0 Å². The highest BCUT2D eigenvalue weighted by atomic mass is 31.2. The van der Waals surface area contributed by atoms with Gasteiger partial charge in [-0.2, -0.15) is 0 Å². The zero-order valence-electron chi connectivity index (χ0n) is 4.39. The summed E-state index contributed by atoms with van der Waals surface area (Å²) in [6.07, 6.45) is 0. The highest BCUT2D eigenvalue weighted by Crippen LogP contribution is 2.48. The summed E-state index contributed by atoms with van der Waals surface area (Å²) in [5.74, 6) is 0. The van der Waals surface area contributed by atoms with E-state index in [1.165, 1.54) is 0 Å². The predicted molar refractivity (Wildman–Crippen MR) is 35.4 cm³/mol. The first-order valence-electron chi connectivity index (χ1n) is 1.77. The summed E-state index contributed by atoms with van der Waals surface area (Å²) >= 11 is 0. The lowest BCUT2D eigenvalue weighted by Gasteiger charge is -1.97. The Labute approximate surface area is 41.8 Å². The molecule has 0 heterocycles. The Morgan fingerprint density at radius 1 is 1.33 bits per heavy atom. The Morgan fingerprint density at radius 3 is 1.50 bits per heavy atom. The molecule has 0 saturated carbocycles. The second-order valence-electron chi connectivity index (χ2n) is 2.04. The average molecular weight is 122 g/mol. The molecule has 0 spiro atoms. The third-order valence-corrected chi connectivity index (χ3v) is 2.70. The van der Waals surface area contributed by atoms with Crippen LogP contribution in [-0.4, -0.2) is 20.0 Å². The fourth-order valence-corrected chi connectivity index (χ4v) is 0. The van der Waals surface area contributed by atoms with Crippen LogP contribution >= 0.6 is 16.4 Å². The van der Waals surface area contributed by atoms with E-state index >= 15 is 0 Å². The van der Waals surface area contributed by atoms with Crippen LogP contribution in [-0.2, 0) is 0 Å². The molecule has 1 nitrogen and oxygen atoms in total. The molecule has 0 radical (unpaired) electrons. The monoisotopic (exact) mass is 122 g/mol. The maximum absolute atomic E-state index is 3.94. The molecular weight excluding hydrogens is 112 g/mol. The lowest BCUT2D eigenvalue weighted by Crippen LogP contribution is -1.71. The van der Waals surface area contributed by atoms with Gasteiger partial charge < -0.3 is 0 Å². The van der Waals surface area contributed by atoms with Gasteiger partial charge in [-0.15, -0.1) is 4.52 Å². The summed E-state index contributed by atoms with van der Waals surface area (Å²) < 4.78 is 3.94. The van der Waals surface area contributed by atoms with Crippen molar-refractivity contribution in [1.29, 1.82) is 0 Å². The molecule has 0 aromatic heterocycles. The molecule has 0 fully saturated rings. The molecule has 0 aliphatic rings. The Morgan fingerprint density at radius 2 is 1.50 bits per heavy atom. The Bertz CT molecular complexity index is 54.3. The molecule has 6 heavy (non-hydrogen) atoms. The van der Waals surface area contributed by atoms with E-state index in [-0.39, 0.29) is 0 Å². The average Bonchev–Trinajstić information content (AvgIpc) is 1.35. The van der Waals surface area contributed by atoms with E-state index in [0.29, 0.717) is 0 Å². The van der Waals surface area contributed by atoms with Crippen LogP contribution in [0, 0.1) is 0 Å². The van der Waals surface area contributed by atoms with E-state index in [2.05, 4.69) is 33.5 Å². The van der Waals surface area contributed by atoms with Gasteiger partial charge in [0.15, 0.2) is 0 Å². The van der Waals surface area contributed by atoms with Crippen molar-refractivity contribution in [2.45, 2.75) is 0 Å². The maximum atomic E-state index is 3.94. The first kappa shape index (κ1) is 6.53. The second-order valence-corrected chi connectivity index (χ2v) is 6.72. The van der Waals surface area contributed by atoms with Crippen molar-refractivity contribution in [3.8, 4) is 0 Å². The third-order valence-electron chi connectivity index (χ3n) is 0.300. The number of rotatable bonds is 1. The number of nitrogens with zero attached hydrogens (tertiary/aromatic N) is 1. The van der Waals surface area contributed by atoms with Gasteiger partial charge in [0, 0.05) is 9.03 Å². The van der Waals surface area contributed by atoms with Crippen LogP contribution in [0.4, 0.5) is 0 Å². The van der Waals surface area contributed by atoms with Crippen molar-refractivity contribution in [1.82, 2.24) is 0 Å². The van der Waals surface area contributed by atoms with Crippen LogP contribution in [0.5, 0.6) is 0 Å². The van der Waals surface area contributed by atoms with Gasteiger partial charge in [-0.05, 0) is 0 Å². The minimum Gasteiger partial charge on any atom is -0.119 e. The standard InChI is InChI=1S/C3H10NP2/c1-6(2,3)4-5/h5H,1-3H3/q+1. The summed E-state index contributed by atoms with van der Waals surface area (Å²) in [4.78, 5) is 0. The SMILES string of the molecule is C[P+](C)(C)N=P. The van der Waals surface area contributed by atoms with E-state index in [1.54, 1.807) is 0 Å². The van der Waals surface area contributed by atoms with E-state index in [0.717, 1.165) is 0 Å². The van der Waals surface area contributed by atoms with Crippen molar-refractivity contribution >= 4 is 16.4 Å². The molecule has 0 aliphatic heterocycles. The van der Waals surface area contributed by atoms with Crippen molar-refractivity contribution in [2.75, 3.05) is 20.0 Å². The van der Waals surface area contributed by atoms with Crippen LogP contribution in [0.3, 0.4) is 0 Å². The molecule has 3 heteroatoms. The molecule has 36 valence electrons. The van der Waals surface area contributed by atoms with Gasteiger partial charge >= 0.3 is 0 Å². The topological polar surface area (TPSA) is 12.4 Å². The highest BCUT2D eigenvalue weighted by molar-refractivity contribution is 7.74. The van der Waals surface area contributed by atoms with Crippen molar-refractivity contribution in [3.05, 3.63) is 0 Å². The van der Waals surface area contributed by atoms with E-state index in [9.17, 15) is 0 Å². The largest absolute Gasteiger partial charge is 0.128 e. The van der Waals surface area contributed by atoms with Crippen LogP contribution in [0.15, 0.2) is 4.52 Å². The summed E-state index contributed by atoms with van der Waals surface area (Å²) in [7, 11) is 2.23. The fraction of sp³-hybridized carbons (Fsp3) is 1.00. The predicted octanol–water partition coefficient (Wildman–Crippen LogP) is 2.13. The first-order chi connectivity index (χ1) is 2.56. The molecular formula is C3H10NP2+. The second kappa shape index (κ2) is 2.00. The summed E-state index contributed by atoms with van der Waals surface area (Å²) in [6.45, 7) is 6.42. The van der Waals surface area contributed by atoms with E-state index in [4.69, 9.17) is 0 Å². The van der Waals surface area contributed by atoms with E-state index in [1.807, 2.05) is 0 Å². The molecule has 0 unspecified atom stereocenters. The molecule has 0 rings (SSSR count). The molecule has 0 aliphatic carbocycles. The van der Waals surface area contributed by atoms with Crippen LogP contribution < -0.4 is 0 Å². The molecule has 0 amide bonds. The molecule has 0 aromatic rings. The van der Waals surface area contributed by atoms with Gasteiger partial charge in [0.1, 0.15) is 7.41 Å². The fourth-order valence-electron chi connectivity index (χ4n) is 0. The van der Waals surface area contributed by atoms with Gasteiger partial charge in [0.2, 0.25) is 0 Å². The maximum Gasteiger partial charge on any atom is 0.128 e. The van der Waals surface area contributed by atoms with E-state index < -0.39 is 7.41 Å². The minimum absolute atomic E-state index is 0.858. The van der Waals surface area contributed by atoms with Crippen LogP contribution in [0.1, 0.15) is 0 Å². The smallest absolute Gasteiger partial charge is 0.119 e. The molecule has 0 saturated heterocycles. The Hall–Kier alpha value is 0.530. The van der Waals surface area contributed by atoms with Crippen molar-refractivity contribution < 1.29 is 0 Å². The molecule has 0 N–H and O–H groups in total. The number of hydrogen-bond donors (Lipinski definition) is 0.